The third kappa shape index (κ3) is 2.63. The number of thioether (sulfide) groups is 1. The zero-order valence-electron chi connectivity index (χ0n) is 10.7. The molecule has 0 aliphatic rings. The van der Waals surface area contributed by atoms with Crippen molar-refractivity contribution in [1.82, 2.24) is 9.97 Å². The fourth-order valence-corrected chi connectivity index (χ4v) is 2.77. The van der Waals surface area contributed by atoms with Crippen LogP contribution in [0.5, 0.6) is 0 Å². The van der Waals surface area contributed by atoms with Gasteiger partial charge < -0.3 is 0 Å². The van der Waals surface area contributed by atoms with Gasteiger partial charge in [-0.05, 0) is 24.3 Å². The first-order chi connectivity index (χ1) is 9.86. The van der Waals surface area contributed by atoms with E-state index in [1.165, 1.54) is 11.8 Å². The van der Waals surface area contributed by atoms with Crippen LogP contribution in [-0.4, -0.2) is 9.97 Å². The molecule has 0 unspecified atom stereocenters. The number of para-hydroxylation sites is 1. The van der Waals surface area contributed by atoms with E-state index in [2.05, 4.69) is 22.1 Å². The van der Waals surface area contributed by atoms with Crippen LogP contribution in [0.2, 0.25) is 0 Å². The van der Waals surface area contributed by atoms with Gasteiger partial charge in [-0.15, -0.1) is 0 Å². The molecule has 20 heavy (non-hydrogen) atoms. The van der Waals surface area contributed by atoms with Gasteiger partial charge in [0.2, 0.25) is 0 Å². The Hall–Kier alpha value is -2.38. The highest BCUT2D eigenvalue weighted by atomic mass is 32.2. The largest absolute Gasteiger partial charge is 0.252 e. The molecule has 0 atom stereocenters. The van der Waals surface area contributed by atoms with Crippen LogP contribution >= 0.6 is 11.8 Å². The summed E-state index contributed by atoms with van der Waals surface area (Å²) in [6.07, 6.45) is 1.71. The highest BCUT2D eigenvalue weighted by Gasteiger charge is 2.05. The Morgan fingerprint density at radius 3 is 2.85 bits per heavy atom. The molecular weight excluding hydrogens is 266 g/mol. The lowest BCUT2D eigenvalue weighted by Crippen LogP contribution is -1.90. The molecule has 3 aromatic rings. The number of benzene rings is 1. The van der Waals surface area contributed by atoms with Crippen molar-refractivity contribution >= 4 is 22.7 Å². The Morgan fingerprint density at radius 2 is 1.95 bits per heavy atom. The Labute approximate surface area is 121 Å². The summed E-state index contributed by atoms with van der Waals surface area (Å²) in [6, 6.07) is 17.8. The van der Waals surface area contributed by atoms with Gasteiger partial charge in [-0.3, -0.25) is 4.98 Å². The van der Waals surface area contributed by atoms with Crippen LogP contribution in [-0.2, 0) is 5.75 Å². The van der Waals surface area contributed by atoms with E-state index in [0.717, 1.165) is 21.6 Å². The lowest BCUT2D eigenvalue weighted by atomic mass is 10.2. The third-order valence-corrected chi connectivity index (χ3v) is 3.94. The fourth-order valence-electron chi connectivity index (χ4n) is 1.92. The highest BCUT2D eigenvalue weighted by molar-refractivity contribution is 7.98. The van der Waals surface area contributed by atoms with E-state index in [0.29, 0.717) is 11.3 Å². The minimum absolute atomic E-state index is 0.610. The van der Waals surface area contributed by atoms with Gasteiger partial charge in [0.15, 0.2) is 0 Å². The summed E-state index contributed by atoms with van der Waals surface area (Å²) >= 11 is 1.54. The molecule has 1 aromatic carbocycles. The first-order valence-electron chi connectivity index (χ1n) is 6.19. The molecule has 0 bridgehead atoms. The second kappa shape index (κ2) is 5.72. The number of nitriles is 1. The van der Waals surface area contributed by atoms with E-state index in [4.69, 9.17) is 5.26 Å². The van der Waals surface area contributed by atoms with E-state index in [-0.39, 0.29) is 0 Å². The first kappa shape index (κ1) is 12.6. The molecule has 96 valence electrons. The summed E-state index contributed by atoms with van der Waals surface area (Å²) in [5.74, 6) is 0.705. The maximum atomic E-state index is 9.04. The zero-order chi connectivity index (χ0) is 13.8. The summed E-state index contributed by atoms with van der Waals surface area (Å²) < 4.78 is 0. The van der Waals surface area contributed by atoms with Crippen LogP contribution in [0.3, 0.4) is 0 Å². The van der Waals surface area contributed by atoms with E-state index in [1.807, 2.05) is 30.3 Å². The molecule has 0 radical (unpaired) electrons. The number of pyridine rings is 2. The van der Waals surface area contributed by atoms with E-state index >= 15 is 0 Å². The molecule has 0 spiro atoms. The van der Waals surface area contributed by atoms with Crippen LogP contribution in [0, 0.1) is 11.3 Å². The van der Waals surface area contributed by atoms with Gasteiger partial charge in [-0.1, -0.05) is 36.0 Å². The SMILES string of the molecule is N#Cc1cccnc1SCc1ccc2ccccc2n1. The number of aromatic nitrogens is 2. The predicted octanol–water partition coefficient (Wildman–Crippen LogP) is 3.79. The maximum absolute atomic E-state index is 9.04. The van der Waals surface area contributed by atoms with Gasteiger partial charge in [-0.2, -0.15) is 5.26 Å². The molecule has 0 fully saturated rings. The van der Waals surface area contributed by atoms with Crippen LogP contribution in [0.1, 0.15) is 11.3 Å². The molecule has 0 amide bonds. The lowest BCUT2D eigenvalue weighted by molar-refractivity contribution is 1.10. The summed E-state index contributed by atoms with van der Waals surface area (Å²) in [4.78, 5) is 8.85. The van der Waals surface area contributed by atoms with Gasteiger partial charge in [0.05, 0.1) is 16.8 Å². The van der Waals surface area contributed by atoms with E-state index in [1.54, 1.807) is 18.3 Å². The van der Waals surface area contributed by atoms with Gasteiger partial charge in [0.1, 0.15) is 11.1 Å². The average molecular weight is 277 g/mol. The van der Waals surface area contributed by atoms with Crippen LogP contribution in [0.25, 0.3) is 10.9 Å². The van der Waals surface area contributed by atoms with Crippen molar-refractivity contribution in [3.8, 4) is 6.07 Å². The lowest BCUT2D eigenvalue weighted by Gasteiger charge is -2.04. The minimum atomic E-state index is 0.610. The second-order valence-electron chi connectivity index (χ2n) is 4.25. The van der Waals surface area contributed by atoms with Crippen molar-refractivity contribution < 1.29 is 0 Å². The molecule has 3 nitrogen and oxygen atoms in total. The molecule has 0 aliphatic heterocycles. The quantitative estimate of drug-likeness (QED) is 0.683. The van der Waals surface area contributed by atoms with Crippen LogP contribution in [0.4, 0.5) is 0 Å². The molecule has 2 heterocycles. The highest BCUT2D eigenvalue weighted by Crippen LogP contribution is 2.23. The Morgan fingerprint density at radius 1 is 1.05 bits per heavy atom. The number of hydrogen-bond donors (Lipinski definition) is 0. The number of hydrogen-bond acceptors (Lipinski definition) is 4. The Balaban J connectivity index is 1.82. The molecule has 0 N–H and O–H groups in total. The van der Waals surface area contributed by atoms with Gasteiger partial charge in [0.25, 0.3) is 0 Å². The van der Waals surface area contributed by atoms with Crippen LogP contribution in [0.15, 0.2) is 59.8 Å². The first-order valence-corrected chi connectivity index (χ1v) is 7.18. The molecule has 3 rings (SSSR count). The second-order valence-corrected chi connectivity index (χ2v) is 5.22. The van der Waals surface area contributed by atoms with Crippen molar-refractivity contribution in [2.24, 2.45) is 0 Å². The summed E-state index contributed by atoms with van der Waals surface area (Å²) in [5.41, 5.74) is 2.59. The van der Waals surface area contributed by atoms with Crippen molar-refractivity contribution in [3.05, 3.63) is 66.0 Å². The van der Waals surface area contributed by atoms with Gasteiger partial charge in [0, 0.05) is 17.3 Å². The van der Waals surface area contributed by atoms with Crippen molar-refractivity contribution in [1.29, 1.82) is 5.26 Å². The average Bonchev–Trinajstić information content (AvgIpc) is 2.53. The zero-order valence-corrected chi connectivity index (χ0v) is 11.5. The smallest absolute Gasteiger partial charge is 0.114 e. The number of rotatable bonds is 3. The number of nitrogens with zero attached hydrogens (tertiary/aromatic N) is 3. The molecule has 2 aromatic heterocycles. The van der Waals surface area contributed by atoms with E-state index < -0.39 is 0 Å². The normalized spacial score (nSPS) is 10.3. The van der Waals surface area contributed by atoms with Crippen molar-refractivity contribution in [3.63, 3.8) is 0 Å². The monoisotopic (exact) mass is 277 g/mol. The maximum Gasteiger partial charge on any atom is 0.114 e. The molecule has 4 heteroatoms. The summed E-state index contributed by atoms with van der Waals surface area (Å²) in [7, 11) is 0. The standard InChI is InChI=1S/C16H11N3S/c17-10-13-5-3-9-18-16(13)20-11-14-8-7-12-4-1-2-6-15(12)19-14/h1-9H,11H2. The van der Waals surface area contributed by atoms with Crippen LogP contribution < -0.4 is 0 Å². The van der Waals surface area contributed by atoms with E-state index in [9.17, 15) is 0 Å². The summed E-state index contributed by atoms with van der Waals surface area (Å²) in [5, 5.41) is 10.9. The van der Waals surface area contributed by atoms with Gasteiger partial charge in [-0.25, -0.2) is 4.98 Å². The fraction of sp³-hybridized carbons (Fsp3) is 0.0625. The third-order valence-electron chi connectivity index (χ3n) is 2.90. The predicted molar refractivity (Wildman–Crippen MR) is 80.3 cm³/mol. The minimum Gasteiger partial charge on any atom is -0.252 e. The summed E-state index contributed by atoms with van der Waals surface area (Å²) in [6.45, 7) is 0. The molecule has 0 aliphatic carbocycles. The topological polar surface area (TPSA) is 49.6 Å². The number of fused-ring (bicyclic) bond motifs is 1. The molecule has 0 saturated heterocycles. The Kier molecular flexibility index (Phi) is 3.62. The molecule has 0 saturated carbocycles. The molecular formula is C16H11N3S. The Bertz CT molecular complexity index is 793. The van der Waals surface area contributed by atoms with Gasteiger partial charge >= 0.3 is 0 Å². The van der Waals surface area contributed by atoms with Crippen molar-refractivity contribution in [2.45, 2.75) is 10.8 Å². The van der Waals surface area contributed by atoms with Crippen molar-refractivity contribution in [2.75, 3.05) is 0 Å².